The molecule has 3 rings (SSSR count). The lowest BCUT2D eigenvalue weighted by atomic mass is 10.1. The molecule has 0 saturated carbocycles. The Labute approximate surface area is 184 Å². The van der Waals surface area contributed by atoms with Crippen LogP contribution in [0.1, 0.15) is 30.9 Å². The summed E-state index contributed by atoms with van der Waals surface area (Å²) in [6.45, 7) is 5.42. The first kappa shape index (κ1) is 22.9. The van der Waals surface area contributed by atoms with E-state index in [0.29, 0.717) is 43.3 Å². The summed E-state index contributed by atoms with van der Waals surface area (Å²) in [6.07, 6.45) is 2.27. The number of nitrogens with zero attached hydrogens (tertiary/aromatic N) is 1. The molecule has 0 unspecified atom stereocenters. The van der Waals surface area contributed by atoms with Gasteiger partial charge in [-0.1, -0.05) is 24.3 Å². The molecule has 7 nitrogen and oxygen atoms in total. The molecular weight excluding hydrogens is 394 g/mol. The molecule has 1 saturated heterocycles. The van der Waals surface area contributed by atoms with Crippen molar-refractivity contribution in [3.05, 3.63) is 53.6 Å². The third kappa shape index (κ3) is 7.15. The Balaban J connectivity index is 1.49. The molecule has 0 atom stereocenters. The van der Waals surface area contributed by atoms with Gasteiger partial charge in [0.15, 0.2) is 17.5 Å². The van der Waals surface area contributed by atoms with Gasteiger partial charge >= 0.3 is 0 Å². The third-order valence-corrected chi connectivity index (χ3v) is 5.09. The van der Waals surface area contributed by atoms with Crippen molar-refractivity contribution in [2.24, 2.45) is 4.99 Å². The van der Waals surface area contributed by atoms with Gasteiger partial charge in [-0.05, 0) is 43.0 Å². The molecule has 0 aromatic heterocycles. The fourth-order valence-electron chi connectivity index (χ4n) is 3.33. The van der Waals surface area contributed by atoms with E-state index < -0.39 is 0 Å². The Hall–Kier alpha value is -2.77. The van der Waals surface area contributed by atoms with Crippen LogP contribution in [0, 0.1) is 0 Å². The number of anilines is 1. The number of methoxy groups -OCH3 is 1. The second-order valence-electron chi connectivity index (χ2n) is 7.29. The van der Waals surface area contributed by atoms with Crippen LogP contribution < -0.4 is 20.1 Å². The van der Waals surface area contributed by atoms with Gasteiger partial charge in [0.05, 0.1) is 26.4 Å². The van der Waals surface area contributed by atoms with E-state index in [-0.39, 0.29) is 0 Å². The van der Waals surface area contributed by atoms with Gasteiger partial charge < -0.3 is 29.6 Å². The zero-order valence-electron chi connectivity index (χ0n) is 18.6. The predicted molar refractivity (Wildman–Crippen MR) is 123 cm³/mol. The summed E-state index contributed by atoms with van der Waals surface area (Å²) in [4.78, 5) is 4.31. The third-order valence-electron chi connectivity index (χ3n) is 5.09. The van der Waals surface area contributed by atoms with Gasteiger partial charge in [-0.15, -0.1) is 0 Å². The average molecular weight is 428 g/mol. The van der Waals surface area contributed by atoms with Gasteiger partial charge in [-0.2, -0.15) is 0 Å². The molecule has 31 heavy (non-hydrogen) atoms. The van der Waals surface area contributed by atoms with E-state index in [9.17, 15) is 0 Å². The highest BCUT2D eigenvalue weighted by atomic mass is 16.5. The number of rotatable bonds is 9. The van der Waals surface area contributed by atoms with Gasteiger partial charge in [0.2, 0.25) is 0 Å². The van der Waals surface area contributed by atoms with Crippen molar-refractivity contribution in [3.8, 4) is 11.5 Å². The Kier molecular flexibility index (Phi) is 8.99. The molecule has 1 aliphatic rings. The maximum absolute atomic E-state index is 5.99. The highest BCUT2D eigenvalue weighted by molar-refractivity contribution is 5.93. The van der Waals surface area contributed by atoms with Crippen molar-refractivity contribution in [1.82, 2.24) is 5.32 Å². The number of guanidine groups is 1. The lowest BCUT2D eigenvalue weighted by Gasteiger charge is -2.22. The molecule has 1 aliphatic heterocycles. The summed E-state index contributed by atoms with van der Waals surface area (Å²) in [5.41, 5.74) is 3.22. The van der Waals surface area contributed by atoms with Crippen LogP contribution in [0.15, 0.2) is 47.5 Å². The van der Waals surface area contributed by atoms with Crippen LogP contribution >= 0.6 is 0 Å². The maximum Gasteiger partial charge on any atom is 0.195 e. The number of benzene rings is 2. The molecular formula is C24H33N3O4. The van der Waals surface area contributed by atoms with Crippen LogP contribution in [-0.2, 0) is 22.6 Å². The Bertz CT molecular complexity index is 833. The summed E-state index contributed by atoms with van der Waals surface area (Å²) in [6, 6.07) is 14.2. The maximum atomic E-state index is 5.99. The van der Waals surface area contributed by atoms with Crippen molar-refractivity contribution in [3.63, 3.8) is 0 Å². The topological polar surface area (TPSA) is 73.3 Å². The lowest BCUT2D eigenvalue weighted by molar-refractivity contribution is -0.0390. The molecule has 0 aliphatic carbocycles. The highest BCUT2D eigenvalue weighted by Gasteiger charge is 2.14. The number of hydrogen-bond acceptors (Lipinski definition) is 5. The quantitative estimate of drug-likeness (QED) is 0.466. The normalized spacial score (nSPS) is 14.9. The van der Waals surface area contributed by atoms with Crippen molar-refractivity contribution in [2.45, 2.75) is 39.0 Å². The van der Waals surface area contributed by atoms with Gasteiger partial charge in [-0.3, -0.25) is 4.99 Å². The molecule has 0 radical (unpaired) electrons. The van der Waals surface area contributed by atoms with Crippen LogP contribution in [0.25, 0.3) is 0 Å². The first-order valence-electron chi connectivity index (χ1n) is 10.8. The summed E-state index contributed by atoms with van der Waals surface area (Å²) < 4.78 is 22.3. The molecule has 1 heterocycles. The molecule has 2 N–H and O–H groups in total. The van der Waals surface area contributed by atoms with Crippen molar-refractivity contribution >= 4 is 11.6 Å². The second kappa shape index (κ2) is 12.2. The molecule has 2 aromatic rings. The molecule has 0 spiro atoms. The van der Waals surface area contributed by atoms with E-state index in [1.54, 1.807) is 14.2 Å². The molecule has 168 valence electrons. The summed E-state index contributed by atoms with van der Waals surface area (Å²) in [5, 5.41) is 6.63. The molecule has 1 fully saturated rings. The minimum atomic E-state index is 0.311. The largest absolute Gasteiger partial charge is 0.493 e. The van der Waals surface area contributed by atoms with Gasteiger partial charge in [0, 0.05) is 38.6 Å². The molecule has 2 aromatic carbocycles. The van der Waals surface area contributed by atoms with E-state index in [0.717, 1.165) is 31.7 Å². The monoisotopic (exact) mass is 427 g/mol. The van der Waals surface area contributed by atoms with E-state index in [2.05, 4.69) is 39.9 Å². The van der Waals surface area contributed by atoms with Crippen LogP contribution in [0.5, 0.6) is 11.5 Å². The second-order valence-corrected chi connectivity index (χ2v) is 7.29. The fraction of sp³-hybridized carbons (Fsp3) is 0.458. The van der Waals surface area contributed by atoms with E-state index in [4.69, 9.17) is 18.9 Å². The Morgan fingerprint density at radius 3 is 2.48 bits per heavy atom. The van der Waals surface area contributed by atoms with Crippen LogP contribution in [0.3, 0.4) is 0 Å². The van der Waals surface area contributed by atoms with E-state index in [1.807, 2.05) is 25.1 Å². The van der Waals surface area contributed by atoms with Gasteiger partial charge in [-0.25, -0.2) is 0 Å². The van der Waals surface area contributed by atoms with E-state index in [1.165, 1.54) is 11.1 Å². The van der Waals surface area contributed by atoms with Crippen molar-refractivity contribution < 1.29 is 18.9 Å². The standard InChI is InChI=1S/C24H33N3O4/c1-4-30-23-15-20(9-10-22(23)28-3)27-24(25-2)26-16-18-5-7-19(8-6-18)17-31-21-11-13-29-14-12-21/h5-10,15,21H,4,11-14,16-17H2,1-3H3,(H2,25,26,27). The summed E-state index contributed by atoms with van der Waals surface area (Å²) in [7, 11) is 3.38. The van der Waals surface area contributed by atoms with Crippen LogP contribution in [0.2, 0.25) is 0 Å². The Morgan fingerprint density at radius 1 is 1.06 bits per heavy atom. The van der Waals surface area contributed by atoms with Crippen LogP contribution in [0.4, 0.5) is 5.69 Å². The van der Waals surface area contributed by atoms with E-state index >= 15 is 0 Å². The highest BCUT2D eigenvalue weighted by Crippen LogP contribution is 2.30. The number of aliphatic imine (C=N–C) groups is 1. The first-order chi connectivity index (χ1) is 15.2. The number of hydrogen-bond donors (Lipinski definition) is 2. The lowest BCUT2D eigenvalue weighted by Crippen LogP contribution is -2.30. The first-order valence-corrected chi connectivity index (χ1v) is 10.8. The predicted octanol–water partition coefficient (Wildman–Crippen LogP) is 3.98. The molecule has 7 heteroatoms. The zero-order chi connectivity index (χ0) is 21.9. The Morgan fingerprint density at radius 2 is 1.81 bits per heavy atom. The zero-order valence-corrected chi connectivity index (χ0v) is 18.6. The smallest absolute Gasteiger partial charge is 0.195 e. The number of nitrogens with one attached hydrogen (secondary N) is 2. The average Bonchev–Trinajstić information content (AvgIpc) is 2.82. The van der Waals surface area contributed by atoms with Crippen molar-refractivity contribution in [1.29, 1.82) is 0 Å². The minimum absolute atomic E-state index is 0.311. The minimum Gasteiger partial charge on any atom is -0.493 e. The fourth-order valence-corrected chi connectivity index (χ4v) is 3.33. The van der Waals surface area contributed by atoms with Crippen molar-refractivity contribution in [2.75, 3.05) is 39.3 Å². The number of ether oxygens (including phenoxy) is 4. The summed E-state index contributed by atoms with van der Waals surface area (Å²) in [5.74, 6) is 2.08. The van der Waals surface area contributed by atoms with Gasteiger partial charge in [0.1, 0.15) is 0 Å². The summed E-state index contributed by atoms with van der Waals surface area (Å²) >= 11 is 0. The van der Waals surface area contributed by atoms with Gasteiger partial charge in [0.25, 0.3) is 0 Å². The molecule has 0 amide bonds. The molecule has 0 bridgehead atoms. The van der Waals surface area contributed by atoms with Crippen LogP contribution in [-0.4, -0.2) is 46.0 Å². The SMILES string of the molecule is CCOc1cc(NC(=NC)NCc2ccc(COC3CCOCC3)cc2)ccc1OC.